The Hall–Kier alpha value is 1.20. The fourth-order valence-electron chi connectivity index (χ4n) is 5.53. The third-order valence-corrected chi connectivity index (χ3v) is 13.4. The van der Waals surface area contributed by atoms with E-state index in [4.69, 9.17) is 23.2 Å². The zero-order valence-electron chi connectivity index (χ0n) is 15.0. The van der Waals surface area contributed by atoms with Crippen LogP contribution in [0.1, 0.15) is 24.0 Å². The summed E-state index contributed by atoms with van der Waals surface area (Å²) in [6, 6.07) is 9.07. The minimum atomic E-state index is -0.0663. The third-order valence-electron chi connectivity index (χ3n) is 7.15. The van der Waals surface area contributed by atoms with E-state index < -0.39 is 0 Å². The van der Waals surface area contributed by atoms with Crippen LogP contribution < -0.4 is 0 Å². The van der Waals surface area contributed by atoms with Crippen LogP contribution in [0.25, 0.3) is 0 Å². The maximum Gasteiger partial charge on any atom is 0.0620 e. The topological polar surface area (TPSA) is 0 Å². The quantitative estimate of drug-likeness (QED) is 0.227. The Kier molecular flexibility index (Phi) is 5.15. The van der Waals surface area contributed by atoms with Gasteiger partial charge < -0.3 is 0 Å². The summed E-state index contributed by atoms with van der Waals surface area (Å²) >= 11 is 29.3. The summed E-state index contributed by atoms with van der Waals surface area (Å²) in [5, 5.41) is 0.190. The highest BCUT2D eigenvalue weighted by molar-refractivity contribution is 9.11. The summed E-state index contributed by atoms with van der Waals surface area (Å²) in [5.74, 6) is 0.762. The maximum atomic E-state index is 6.82. The number of allylic oxidation sites excluding steroid dienone is 4. The van der Waals surface area contributed by atoms with Gasteiger partial charge in [0.1, 0.15) is 0 Å². The molecule has 28 heavy (non-hydrogen) atoms. The van der Waals surface area contributed by atoms with E-state index in [1.165, 1.54) is 11.1 Å². The highest BCUT2D eigenvalue weighted by Gasteiger charge is 2.61. The van der Waals surface area contributed by atoms with Crippen LogP contribution in [0, 0.1) is 11.8 Å². The lowest BCUT2D eigenvalue weighted by molar-refractivity contribution is 0.490. The first-order valence-electron chi connectivity index (χ1n) is 9.59. The molecule has 4 aliphatic rings. The Morgan fingerprint density at radius 1 is 0.643 bits per heavy atom. The summed E-state index contributed by atoms with van der Waals surface area (Å²) in [4.78, 5) is 0. The lowest BCUT2D eigenvalue weighted by Gasteiger charge is -2.32. The van der Waals surface area contributed by atoms with Gasteiger partial charge in [-0.1, -0.05) is 112 Å². The van der Waals surface area contributed by atoms with Crippen molar-refractivity contribution in [1.29, 1.82) is 0 Å². The van der Waals surface area contributed by atoms with Crippen LogP contribution in [0.15, 0.2) is 48.6 Å². The number of rotatable bonds is 4. The molecule has 2 fully saturated rings. The number of halogens is 6. The molecular weight excluding hydrogens is 655 g/mol. The number of fused-ring (bicyclic) bond motifs is 4. The molecule has 4 aliphatic carbocycles. The molecule has 2 saturated carbocycles. The van der Waals surface area contributed by atoms with Crippen molar-refractivity contribution in [2.45, 2.75) is 53.7 Å². The zero-order chi connectivity index (χ0) is 19.9. The van der Waals surface area contributed by atoms with Gasteiger partial charge in [0.15, 0.2) is 0 Å². The molecule has 0 N–H and O–H groups in total. The summed E-state index contributed by atoms with van der Waals surface area (Å²) in [7, 11) is 0. The van der Waals surface area contributed by atoms with Crippen molar-refractivity contribution in [3.05, 3.63) is 59.7 Å². The lowest BCUT2D eigenvalue weighted by atomic mass is 9.85. The van der Waals surface area contributed by atoms with Crippen molar-refractivity contribution in [3.63, 3.8) is 0 Å². The second kappa shape index (κ2) is 6.85. The van der Waals surface area contributed by atoms with E-state index in [0.29, 0.717) is 11.8 Å². The first-order valence-corrected chi connectivity index (χ1v) is 13.6. The van der Waals surface area contributed by atoms with Crippen LogP contribution in [0.3, 0.4) is 0 Å². The van der Waals surface area contributed by atoms with E-state index >= 15 is 0 Å². The van der Waals surface area contributed by atoms with Crippen LogP contribution >= 0.6 is 86.9 Å². The van der Waals surface area contributed by atoms with Gasteiger partial charge in [-0.15, -0.1) is 23.2 Å². The van der Waals surface area contributed by atoms with Crippen molar-refractivity contribution in [2.75, 3.05) is 0 Å². The minimum Gasteiger partial charge on any atom is -0.121 e. The van der Waals surface area contributed by atoms with Crippen molar-refractivity contribution in [2.24, 2.45) is 11.8 Å². The van der Waals surface area contributed by atoms with Crippen molar-refractivity contribution in [3.8, 4) is 0 Å². The molecule has 0 aromatic heterocycles. The summed E-state index contributed by atoms with van der Waals surface area (Å²) in [5.41, 5.74) is 2.69. The molecule has 0 heterocycles. The van der Waals surface area contributed by atoms with E-state index in [0.717, 1.165) is 25.7 Å². The predicted molar refractivity (Wildman–Crippen MR) is 134 cm³/mol. The van der Waals surface area contributed by atoms with Crippen molar-refractivity contribution in [1.82, 2.24) is 0 Å². The molecule has 0 aliphatic heterocycles. The average Bonchev–Trinajstić information content (AvgIpc) is 3.25. The standard InChI is InChI=1S/C22H20Br4Cl2/c23-19-5-7-21(25,11-19)17(27)15(19)9-13-1-2-14(4-3-13)10-16-18(28)22(26)8-6-20(16,24)12-22/h1-8,15-18H,9-12H2. The normalized spacial score (nSPS) is 50.8. The Labute approximate surface area is 210 Å². The fourth-order valence-corrected chi connectivity index (χ4v) is 11.4. The predicted octanol–water partition coefficient (Wildman–Crippen LogP) is 7.70. The second-order valence-electron chi connectivity index (χ2n) is 8.97. The first kappa shape index (κ1) is 21.1. The van der Waals surface area contributed by atoms with E-state index in [9.17, 15) is 0 Å². The molecule has 150 valence electrons. The lowest BCUT2D eigenvalue weighted by Crippen LogP contribution is -2.35. The molecule has 0 amide bonds. The van der Waals surface area contributed by atoms with Gasteiger partial charge in [-0.2, -0.15) is 0 Å². The van der Waals surface area contributed by atoms with Crippen LogP contribution in [0.4, 0.5) is 0 Å². The number of hydrogen-bond acceptors (Lipinski definition) is 0. The molecule has 8 unspecified atom stereocenters. The van der Waals surface area contributed by atoms with Crippen LogP contribution in [0.5, 0.6) is 0 Å². The minimum absolute atomic E-state index is 0.00932. The Morgan fingerprint density at radius 2 is 0.964 bits per heavy atom. The molecule has 0 nitrogen and oxygen atoms in total. The summed E-state index contributed by atoms with van der Waals surface area (Å²) < 4.78 is -0.114. The molecule has 0 saturated heterocycles. The molecular formula is C22H20Br4Cl2. The van der Waals surface area contributed by atoms with Gasteiger partial charge in [-0.25, -0.2) is 0 Å². The Morgan fingerprint density at radius 3 is 1.25 bits per heavy atom. The van der Waals surface area contributed by atoms with E-state index in [1.54, 1.807) is 0 Å². The van der Waals surface area contributed by atoms with Gasteiger partial charge in [-0.3, -0.25) is 0 Å². The SMILES string of the molecule is ClC1C(Cc2ccc(CC3C(Cl)C4(Br)C=CC3(Br)C4)cc2)C2(Br)C=CC1(Br)C2. The molecule has 0 spiro atoms. The molecule has 4 bridgehead atoms. The van der Waals surface area contributed by atoms with Crippen molar-refractivity contribution < 1.29 is 0 Å². The zero-order valence-corrected chi connectivity index (χ0v) is 22.9. The summed E-state index contributed by atoms with van der Waals surface area (Å²) in [6.45, 7) is 0. The van der Waals surface area contributed by atoms with Crippen molar-refractivity contribution >= 4 is 86.9 Å². The Balaban J connectivity index is 1.30. The van der Waals surface area contributed by atoms with Crippen LogP contribution in [-0.2, 0) is 12.8 Å². The second-order valence-corrected chi connectivity index (χ2v) is 15.8. The number of benzene rings is 1. The van der Waals surface area contributed by atoms with Gasteiger partial charge in [-0.05, 0) is 48.6 Å². The largest absolute Gasteiger partial charge is 0.121 e. The smallest absolute Gasteiger partial charge is 0.0620 e. The molecule has 1 aromatic rings. The average molecular weight is 675 g/mol. The number of alkyl halides is 6. The maximum absolute atomic E-state index is 6.82. The monoisotopic (exact) mass is 670 g/mol. The summed E-state index contributed by atoms with van der Waals surface area (Å²) in [6.07, 6.45) is 13.0. The number of hydrogen-bond donors (Lipinski definition) is 0. The molecule has 6 heteroatoms. The molecule has 5 rings (SSSR count). The van der Waals surface area contributed by atoms with Crippen LogP contribution in [-0.4, -0.2) is 28.1 Å². The van der Waals surface area contributed by atoms with Crippen LogP contribution in [0.2, 0.25) is 0 Å². The van der Waals surface area contributed by atoms with E-state index in [-0.39, 0.29) is 28.1 Å². The fraction of sp³-hybridized carbons (Fsp3) is 0.545. The molecule has 8 atom stereocenters. The first-order chi connectivity index (χ1) is 13.1. The van der Waals surface area contributed by atoms with E-state index in [1.807, 2.05) is 0 Å². The Bertz CT molecular complexity index is 799. The van der Waals surface area contributed by atoms with E-state index in [2.05, 4.69) is 112 Å². The highest BCUT2D eigenvalue weighted by Crippen LogP contribution is 2.62. The van der Waals surface area contributed by atoms with Gasteiger partial charge in [0.05, 0.1) is 19.4 Å². The molecule has 1 aromatic carbocycles. The van der Waals surface area contributed by atoms with Gasteiger partial charge in [0, 0.05) is 8.65 Å². The molecule has 0 radical (unpaired) electrons. The van der Waals surface area contributed by atoms with Gasteiger partial charge >= 0.3 is 0 Å². The van der Waals surface area contributed by atoms with Gasteiger partial charge in [0.2, 0.25) is 0 Å². The van der Waals surface area contributed by atoms with Gasteiger partial charge in [0.25, 0.3) is 0 Å². The highest BCUT2D eigenvalue weighted by atomic mass is 79.9. The third kappa shape index (κ3) is 3.13.